The fraction of sp³-hybridized carbons (Fsp3) is 0.182. The third-order valence-corrected chi connectivity index (χ3v) is 4.16. The van der Waals surface area contributed by atoms with Crippen LogP contribution in [0.25, 0.3) is 11.3 Å². The molecular weight excluding hydrogens is 342 g/mol. The van der Waals surface area contributed by atoms with Crippen LogP contribution in [0, 0.1) is 18.3 Å². The Morgan fingerprint density at radius 3 is 2.56 bits per heavy atom. The molecule has 27 heavy (non-hydrogen) atoms. The number of nitriles is 1. The highest BCUT2D eigenvalue weighted by Crippen LogP contribution is 2.39. The Kier molecular flexibility index (Phi) is 5.28. The van der Waals surface area contributed by atoms with E-state index in [0.717, 1.165) is 16.9 Å². The molecule has 0 N–H and O–H groups in total. The zero-order chi connectivity index (χ0) is 19.4. The monoisotopic (exact) mass is 361 g/mol. The summed E-state index contributed by atoms with van der Waals surface area (Å²) in [5.41, 5.74) is 2.94. The second-order valence-electron chi connectivity index (χ2n) is 5.96. The fourth-order valence-electron chi connectivity index (χ4n) is 2.82. The summed E-state index contributed by atoms with van der Waals surface area (Å²) in [6.07, 6.45) is 1.71. The third-order valence-electron chi connectivity index (χ3n) is 4.16. The van der Waals surface area contributed by atoms with Gasteiger partial charge in [0.15, 0.2) is 0 Å². The van der Waals surface area contributed by atoms with Gasteiger partial charge < -0.3 is 14.2 Å². The van der Waals surface area contributed by atoms with Crippen LogP contribution in [-0.2, 0) is 9.53 Å². The number of esters is 1. The number of fused-ring (bicyclic) bond motifs is 1. The summed E-state index contributed by atoms with van der Waals surface area (Å²) in [6, 6.07) is 15.0. The molecule has 5 nitrogen and oxygen atoms in total. The van der Waals surface area contributed by atoms with E-state index in [-0.39, 0.29) is 12.2 Å². The van der Waals surface area contributed by atoms with E-state index >= 15 is 0 Å². The summed E-state index contributed by atoms with van der Waals surface area (Å²) in [7, 11) is 1.60. The van der Waals surface area contributed by atoms with Gasteiger partial charge in [-0.05, 0) is 56.3 Å². The SMILES string of the molecule is CCOC(=O)C(C#N)=C1C=C(c2ccc(OC)cc2)Oc2ccc(C)cc21. The van der Waals surface area contributed by atoms with Crippen LogP contribution in [0.3, 0.4) is 0 Å². The Morgan fingerprint density at radius 1 is 1.19 bits per heavy atom. The van der Waals surface area contributed by atoms with Crippen molar-refractivity contribution in [3.05, 3.63) is 70.8 Å². The zero-order valence-corrected chi connectivity index (χ0v) is 15.4. The maximum Gasteiger partial charge on any atom is 0.349 e. The molecule has 5 heteroatoms. The maximum absolute atomic E-state index is 12.3. The minimum absolute atomic E-state index is 0.0435. The minimum Gasteiger partial charge on any atom is -0.497 e. The van der Waals surface area contributed by atoms with E-state index in [9.17, 15) is 10.1 Å². The lowest BCUT2D eigenvalue weighted by atomic mass is 9.94. The van der Waals surface area contributed by atoms with Gasteiger partial charge in [-0.15, -0.1) is 0 Å². The molecule has 136 valence electrons. The molecule has 0 spiro atoms. The number of rotatable bonds is 4. The summed E-state index contributed by atoms with van der Waals surface area (Å²) in [6.45, 7) is 3.85. The first-order valence-corrected chi connectivity index (χ1v) is 8.54. The Labute approximate surface area is 158 Å². The van der Waals surface area contributed by atoms with Crippen molar-refractivity contribution in [3.63, 3.8) is 0 Å². The molecule has 2 aromatic rings. The molecule has 0 bridgehead atoms. The number of benzene rings is 2. The van der Waals surface area contributed by atoms with E-state index in [1.54, 1.807) is 20.1 Å². The second kappa shape index (κ2) is 7.79. The molecule has 0 fully saturated rings. The Balaban J connectivity index is 2.18. The summed E-state index contributed by atoms with van der Waals surface area (Å²) >= 11 is 0. The lowest BCUT2D eigenvalue weighted by Crippen LogP contribution is -2.11. The molecule has 0 saturated carbocycles. The first-order chi connectivity index (χ1) is 13.1. The van der Waals surface area contributed by atoms with Crippen LogP contribution < -0.4 is 9.47 Å². The quantitative estimate of drug-likeness (QED) is 0.462. The minimum atomic E-state index is -0.644. The van der Waals surface area contributed by atoms with Gasteiger partial charge in [0.25, 0.3) is 0 Å². The van der Waals surface area contributed by atoms with Gasteiger partial charge in [0.2, 0.25) is 0 Å². The van der Waals surface area contributed by atoms with Crippen LogP contribution in [0.1, 0.15) is 23.6 Å². The molecule has 1 heterocycles. The third kappa shape index (κ3) is 3.70. The van der Waals surface area contributed by atoms with E-state index in [4.69, 9.17) is 14.2 Å². The van der Waals surface area contributed by atoms with Crippen LogP contribution in [0.4, 0.5) is 0 Å². The highest BCUT2D eigenvalue weighted by atomic mass is 16.5. The Morgan fingerprint density at radius 2 is 1.93 bits per heavy atom. The van der Waals surface area contributed by atoms with Crippen molar-refractivity contribution >= 4 is 17.3 Å². The largest absolute Gasteiger partial charge is 0.497 e. The molecular formula is C22H19NO4. The standard InChI is InChI=1S/C22H19NO4/c1-4-26-22(24)19(13-23)17-12-21(15-6-8-16(25-3)9-7-15)27-20-10-5-14(2)11-18(17)20/h5-12H,4H2,1-3H3. The molecule has 0 saturated heterocycles. The Hall–Kier alpha value is -3.52. The van der Waals surface area contributed by atoms with Gasteiger partial charge in [-0.3, -0.25) is 0 Å². The number of hydrogen-bond donors (Lipinski definition) is 0. The Bertz CT molecular complexity index is 978. The summed E-state index contributed by atoms with van der Waals surface area (Å²) < 4.78 is 16.3. The number of methoxy groups -OCH3 is 1. The van der Waals surface area contributed by atoms with Crippen molar-refractivity contribution in [2.75, 3.05) is 13.7 Å². The van der Waals surface area contributed by atoms with Crippen molar-refractivity contribution in [1.29, 1.82) is 5.26 Å². The van der Waals surface area contributed by atoms with E-state index < -0.39 is 5.97 Å². The molecule has 0 aromatic heterocycles. The number of hydrogen-bond acceptors (Lipinski definition) is 5. The van der Waals surface area contributed by atoms with Crippen molar-refractivity contribution in [3.8, 4) is 17.6 Å². The smallest absolute Gasteiger partial charge is 0.349 e. The number of carbonyl (C=O) groups excluding carboxylic acids is 1. The van der Waals surface area contributed by atoms with E-state index in [0.29, 0.717) is 22.6 Å². The maximum atomic E-state index is 12.3. The van der Waals surface area contributed by atoms with Gasteiger partial charge in [-0.2, -0.15) is 5.26 Å². The van der Waals surface area contributed by atoms with Crippen LogP contribution in [0.5, 0.6) is 11.5 Å². The van der Waals surface area contributed by atoms with Gasteiger partial charge in [-0.1, -0.05) is 11.6 Å². The normalized spacial score (nSPS) is 14.2. The summed E-state index contributed by atoms with van der Waals surface area (Å²) in [5.74, 6) is 1.21. The zero-order valence-electron chi connectivity index (χ0n) is 15.4. The van der Waals surface area contributed by atoms with Crippen molar-refractivity contribution < 1.29 is 19.0 Å². The molecule has 2 aromatic carbocycles. The van der Waals surface area contributed by atoms with Gasteiger partial charge in [0.05, 0.1) is 13.7 Å². The van der Waals surface area contributed by atoms with Crippen LogP contribution in [-0.4, -0.2) is 19.7 Å². The first kappa shape index (κ1) is 18.3. The molecule has 0 amide bonds. The number of nitrogens with zero attached hydrogens (tertiary/aromatic N) is 1. The number of carbonyl (C=O) groups is 1. The van der Waals surface area contributed by atoms with E-state index in [1.165, 1.54) is 0 Å². The van der Waals surface area contributed by atoms with Crippen molar-refractivity contribution in [1.82, 2.24) is 0 Å². The van der Waals surface area contributed by atoms with E-state index in [1.807, 2.05) is 55.5 Å². The summed E-state index contributed by atoms with van der Waals surface area (Å²) in [4.78, 5) is 12.3. The van der Waals surface area contributed by atoms with Gasteiger partial charge in [-0.25, -0.2) is 4.79 Å². The van der Waals surface area contributed by atoms with Gasteiger partial charge >= 0.3 is 5.97 Å². The molecule has 3 rings (SSSR count). The molecule has 0 unspecified atom stereocenters. The van der Waals surface area contributed by atoms with E-state index in [2.05, 4.69) is 0 Å². The van der Waals surface area contributed by atoms with Crippen LogP contribution in [0.2, 0.25) is 0 Å². The summed E-state index contributed by atoms with van der Waals surface area (Å²) in [5, 5.41) is 9.60. The highest BCUT2D eigenvalue weighted by molar-refractivity contribution is 6.06. The lowest BCUT2D eigenvalue weighted by molar-refractivity contribution is -0.137. The average molecular weight is 361 g/mol. The van der Waals surface area contributed by atoms with Crippen molar-refractivity contribution in [2.24, 2.45) is 0 Å². The fourth-order valence-corrected chi connectivity index (χ4v) is 2.82. The van der Waals surface area contributed by atoms with Crippen LogP contribution in [0.15, 0.2) is 54.1 Å². The number of ether oxygens (including phenoxy) is 3. The molecule has 0 atom stereocenters. The predicted octanol–water partition coefficient (Wildman–Crippen LogP) is 4.28. The average Bonchev–Trinajstić information content (AvgIpc) is 2.69. The first-order valence-electron chi connectivity index (χ1n) is 8.54. The van der Waals surface area contributed by atoms with Crippen molar-refractivity contribution in [2.45, 2.75) is 13.8 Å². The molecule has 1 aliphatic rings. The lowest BCUT2D eigenvalue weighted by Gasteiger charge is -2.22. The number of aryl methyl sites for hydroxylation is 1. The molecule has 0 aliphatic carbocycles. The second-order valence-corrected chi connectivity index (χ2v) is 5.96. The molecule has 1 aliphatic heterocycles. The topological polar surface area (TPSA) is 68.6 Å². The van der Waals surface area contributed by atoms with Crippen LogP contribution >= 0.6 is 0 Å². The highest BCUT2D eigenvalue weighted by Gasteiger charge is 2.25. The van der Waals surface area contributed by atoms with Gasteiger partial charge in [0.1, 0.15) is 28.9 Å². The molecule has 0 radical (unpaired) electrons. The predicted molar refractivity (Wildman–Crippen MR) is 102 cm³/mol. The number of allylic oxidation sites excluding steroid dienone is 2. The van der Waals surface area contributed by atoms with Gasteiger partial charge in [0, 0.05) is 16.7 Å².